The number of carbonyl (C=O) groups excluding carboxylic acids is 1. The molecule has 0 aromatic carbocycles. The molecule has 0 bridgehead atoms. The molecule has 0 rings (SSSR count). The summed E-state index contributed by atoms with van der Waals surface area (Å²) < 4.78 is 9.52. The van der Waals surface area contributed by atoms with E-state index in [0.717, 1.165) is 19.5 Å². The average Bonchev–Trinajstić information content (AvgIpc) is 2.21. The third-order valence-electron chi connectivity index (χ3n) is 1.62. The van der Waals surface area contributed by atoms with Gasteiger partial charge in [0.1, 0.15) is 0 Å². The molecule has 0 spiro atoms. The standard InChI is InChI=1S/C9H19NO4/c1-13-9(12)3-2-4-10-5-7-14-8-6-11/h10-11H,2-8H2,1H3. The lowest BCUT2D eigenvalue weighted by atomic mass is 10.3. The van der Waals surface area contributed by atoms with Crippen LogP contribution in [0.5, 0.6) is 0 Å². The summed E-state index contributed by atoms with van der Waals surface area (Å²) in [4.78, 5) is 10.7. The van der Waals surface area contributed by atoms with Gasteiger partial charge in [-0.3, -0.25) is 4.79 Å². The van der Waals surface area contributed by atoms with Crippen LogP contribution in [0.2, 0.25) is 0 Å². The van der Waals surface area contributed by atoms with Crippen LogP contribution in [-0.4, -0.2) is 51.1 Å². The highest BCUT2D eigenvalue weighted by Crippen LogP contribution is 1.89. The van der Waals surface area contributed by atoms with Crippen molar-refractivity contribution >= 4 is 5.97 Å². The summed E-state index contributed by atoms with van der Waals surface area (Å²) in [5.41, 5.74) is 0. The van der Waals surface area contributed by atoms with E-state index >= 15 is 0 Å². The van der Waals surface area contributed by atoms with E-state index in [-0.39, 0.29) is 12.6 Å². The molecular formula is C9H19NO4. The number of rotatable bonds is 9. The fourth-order valence-electron chi connectivity index (χ4n) is 0.896. The maximum atomic E-state index is 10.7. The third-order valence-corrected chi connectivity index (χ3v) is 1.62. The first-order valence-electron chi connectivity index (χ1n) is 4.77. The van der Waals surface area contributed by atoms with Crippen LogP contribution >= 0.6 is 0 Å². The van der Waals surface area contributed by atoms with Crippen molar-refractivity contribution in [1.29, 1.82) is 0 Å². The molecule has 84 valence electrons. The first-order valence-corrected chi connectivity index (χ1v) is 4.77. The Hall–Kier alpha value is -0.650. The Labute approximate surface area is 84.4 Å². The second kappa shape index (κ2) is 10.4. The van der Waals surface area contributed by atoms with Gasteiger partial charge in [-0.2, -0.15) is 0 Å². The van der Waals surface area contributed by atoms with E-state index in [1.54, 1.807) is 0 Å². The Kier molecular flexibility index (Phi) is 9.95. The van der Waals surface area contributed by atoms with Crippen molar-refractivity contribution in [3.8, 4) is 0 Å². The van der Waals surface area contributed by atoms with Gasteiger partial charge in [-0.25, -0.2) is 0 Å². The summed E-state index contributed by atoms with van der Waals surface area (Å²) in [5, 5.41) is 11.5. The zero-order valence-electron chi connectivity index (χ0n) is 8.62. The summed E-state index contributed by atoms with van der Waals surface area (Å²) in [6.45, 7) is 2.53. The highest BCUT2D eigenvalue weighted by molar-refractivity contribution is 5.68. The predicted octanol–water partition coefficient (Wildman–Crippen LogP) is -0.462. The van der Waals surface area contributed by atoms with Crippen molar-refractivity contribution in [3.05, 3.63) is 0 Å². The van der Waals surface area contributed by atoms with Gasteiger partial charge in [0, 0.05) is 13.0 Å². The summed E-state index contributed by atoms with van der Waals surface area (Å²) in [7, 11) is 1.39. The molecule has 0 aliphatic rings. The Balaban J connectivity index is 2.95. The smallest absolute Gasteiger partial charge is 0.305 e. The Bertz CT molecular complexity index is 141. The Morgan fingerprint density at radius 3 is 2.79 bits per heavy atom. The van der Waals surface area contributed by atoms with E-state index < -0.39 is 0 Å². The molecular weight excluding hydrogens is 186 g/mol. The van der Waals surface area contributed by atoms with E-state index in [2.05, 4.69) is 10.1 Å². The lowest BCUT2D eigenvalue weighted by molar-refractivity contribution is -0.140. The number of hydrogen-bond acceptors (Lipinski definition) is 5. The number of aliphatic hydroxyl groups excluding tert-OH is 1. The monoisotopic (exact) mass is 205 g/mol. The van der Waals surface area contributed by atoms with Crippen molar-refractivity contribution in [1.82, 2.24) is 5.32 Å². The van der Waals surface area contributed by atoms with Crippen LogP contribution in [0.25, 0.3) is 0 Å². The molecule has 5 nitrogen and oxygen atoms in total. The van der Waals surface area contributed by atoms with Crippen LogP contribution in [-0.2, 0) is 14.3 Å². The molecule has 0 saturated heterocycles. The van der Waals surface area contributed by atoms with Gasteiger partial charge in [-0.05, 0) is 13.0 Å². The van der Waals surface area contributed by atoms with Crippen LogP contribution in [0.1, 0.15) is 12.8 Å². The fraction of sp³-hybridized carbons (Fsp3) is 0.889. The maximum absolute atomic E-state index is 10.7. The zero-order valence-corrected chi connectivity index (χ0v) is 8.62. The molecule has 0 fully saturated rings. The summed E-state index contributed by atoms with van der Waals surface area (Å²) in [5.74, 6) is -0.177. The second-order valence-electron chi connectivity index (χ2n) is 2.77. The van der Waals surface area contributed by atoms with Gasteiger partial charge in [0.25, 0.3) is 0 Å². The molecule has 0 heterocycles. The minimum absolute atomic E-state index is 0.0579. The maximum Gasteiger partial charge on any atom is 0.305 e. The zero-order chi connectivity index (χ0) is 10.6. The number of esters is 1. The van der Waals surface area contributed by atoms with Crippen molar-refractivity contribution < 1.29 is 19.4 Å². The molecule has 0 saturated carbocycles. The normalized spacial score (nSPS) is 10.1. The van der Waals surface area contributed by atoms with Crippen LogP contribution < -0.4 is 5.32 Å². The Morgan fingerprint density at radius 2 is 2.14 bits per heavy atom. The van der Waals surface area contributed by atoms with Gasteiger partial charge in [0.15, 0.2) is 0 Å². The molecule has 0 aliphatic heterocycles. The van der Waals surface area contributed by atoms with E-state index in [9.17, 15) is 4.79 Å². The highest BCUT2D eigenvalue weighted by atomic mass is 16.5. The molecule has 0 aliphatic carbocycles. The molecule has 0 amide bonds. The quantitative estimate of drug-likeness (QED) is 0.394. The number of methoxy groups -OCH3 is 1. The number of ether oxygens (including phenoxy) is 2. The van der Waals surface area contributed by atoms with Crippen LogP contribution in [0, 0.1) is 0 Å². The second-order valence-corrected chi connectivity index (χ2v) is 2.77. The lowest BCUT2D eigenvalue weighted by Crippen LogP contribution is -2.22. The summed E-state index contributed by atoms with van der Waals surface area (Å²) >= 11 is 0. The first-order chi connectivity index (χ1) is 6.81. The van der Waals surface area contributed by atoms with E-state index in [4.69, 9.17) is 9.84 Å². The van der Waals surface area contributed by atoms with Crippen molar-refractivity contribution in [2.45, 2.75) is 12.8 Å². The van der Waals surface area contributed by atoms with Crippen molar-refractivity contribution in [2.24, 2.45) is 0 Å². The van der Waals surface area contributed by atoms with Crippen molar-refractivity contribution in [3.63, 3.8) is 0 Å². The van der Waals surface area contributed by atoms with Gasteiger partial charge >= 0.3 is 5.97 Å². The van der Waals surface area contributed by atoms with E-state index in [1.807, 2.05) is 0 Å². The van der Waals surface area contributed by atoms with Gasteiger partial charge in [-0.15, -0.1) is 0 Å². The molecule has 0 unspecified atom stereocenters. The molecule has 2 N–H and O–H groups in total. The van der Waals surface area contributed by atoms with Gasteiger partial charge < -0.3 is 19.9 Å². The minimum atomic E-state index is -0.177. The first kappa shape index (κ1) is 13.4. The summed E-state index contributed by atoms with van der Waals surface area (Å²) in [6.07, 6.45) is 1.22. The lowest BCUT2D eigenvalue weighted by Gasteiger charge is -2.04. The molecule has 0 radical (unpaired) electrons. The predicted molar refractivity (Wildman–Crippen MR) is 52.0 cm³/mol. The molecule has 14 heavy (non-hydrogen) atoms. The minimum Gasteiger partial charge on any atom is -0.469 e. The van der Waals surface area contributed by atoms with Crippen LogP contribution in [0.4, 0.5) is 0 Å². The molecule has 0 aromatic heterocycles. The number of carbonyl (C=O) groups is 1. The number of hydrogen-bond donors (Lipinski definition) is 2. The van der Waals surface area contributed by atoms with E-state index in [1.165, 1.54) is 7.11 Å². The van der Waals surface area contributed by atoms with E-state index in [0.29, 0.717) is 19.6 Å². The molecule has 5 heteroatoms. The number of aliphatic hydroxyl groups is 1. The van der Waals surface area contributed by atoms with Crippen molar-refractivity contribution in [2.75, 3.05) is 40.0 Å². The largest absolute Gasteiger partial charge is 0.469 e. The highest BCUT2D eigenvalue weighted by Gasteiger charge is 1.98. The molecule has 0 atom stereocenters. The number of nitrogens with one attached hydrogen (secondary N) is 1. The fourth-order valence-corrected chi connectivity index (χ4v) is 0.896. The topological polar surface area (TPSA) is 67.8 Å². The average molecular weight is 205 g/mol. The van der Waals surface area contributed by atoms with Crippen LogP contribution in [0.3, 0.4) is 0 Å². The van der Waals surface area contributed by atoms with Crippen LogP contribution in [0.15, 0.2) is 0 Å². The van der Waals surface area contributed by atoms with Gasteiger partial charge in [-0.1, -0.05) is 0 Å². The molecule has 0 aromatic rings. The third kappa shape index (κ3) is 9.44. The Morgan fingerprint density at radius 1 is 1.36 bits per heavy atom. The SMILES string of the molecule is COC(=O)CCCNCCOCCO. The summed E-state index contributed by atoms with van der Waals surface area (Å²) in [6, 6.07) is 0. The van der Waals surface area contributed by atoms with Gasteiger partial charge in [0.05, 0.1) is 26.9 Å². The van der Waals surface area contributed by atoms with Gasteiger partial charge in [0.2, 0.25) is 0 Å².